The SMILES string of the molecule is N#CCC[C@H](C#N)CN1CCN(C(=O)CN2CCOCC2)CC1. The van der Waals surface area contributed by atoms with E-state index in [4.69, 9.17) is 15.3 Å². The Kier molecular flexibility index (Phi) is 7.28. The zero-order chi connectivity index (χ0) is 16.5. The van der Waals surface area contributed by atoms with Gasteiger partial charge in [-0.05, 0) is 6.42 Å². The van der Waals surface area contributed by atoms with E-state index < -0.39 is 0 Å². The van der Waals surface area contributed by atoms with Gasteiger partial charge in [0, 0.05) is 52.2 Å². The van der Waals surface area contributed by atoms with Crippen molar-refractivity contribution in [3.63, 3.8) is 0 Å². The maximum atomic E-state index is 12.3. The molecule has 0 aliphatic carbocycles. The first-order valence-electron chi connectivity index (χ1n) is 8.29. The van der Waals surface area contributed by atoms with Crippen molar-refractivity contribution < 1.29 is 9.53 Å². The number of carbonyl (C=O) groups excluding carboxylic acids is 1. The highest BCUT2D eigenvalue weighted by Crippen LogP contribution is 2.11. The lowest BCUT2D eigenvalue weighted by Gasteiger charge is -2.36. The molecule has 0 radical (unpaired) electrons. The summed E-state index contributed by atoms with van der Waals surface area (Å²) in [4.78, 5) is 18.6. The molecule has 0 spiro atoms. The summed E-state index contributed by atoms with van der Waals surface area (Å²) in [7, 11) is 0. The number of morpholine rings is 1. The zero-order valence-corrected chi connectivity index (χ0v) is 13.6. The number of carbonyl (C=O) groups is 1. The van der Waals surface area contributed by atoms with Gasteiger partial charge >= 0.3 is 0 Å². The van der Waals surface area contributed by atoms with Crippen LogP contribution in [0.2, 0.25) is 0 Å². The second-order valence-corrected chi connectivity index (χ2v) is 6.09. The molecule has 2 fully saturated rings. The Morgan fingerprint density at radius 3 is 2.35 bits per heavy atom. The van der Waals surface area contributed by atoms with E-state index in [-0.39, 0.29) is 11.8 Å². The summed E-state index contributed by atoms with van der Waals surface area (Å²) >= 11 is 0. The molecule has 1 atom stereocenters. The lowest BCUT2D eigenvalue weighted by atomic mass is 10.0. The molecule has 0 unspecified atom stereocenters. The van der Waals surface area contributed by atoms with Crippen molar-refractivity contribution >= 4 is 5.91 Å². The van der Waals surface area contributed by atoms with Gasteiger partial charge in [-0.25, -0.2) is 0 Å². The summed E-state index contributed by atoms with van der Waals surface area (Å²) in [6, 6.07) is 4.37. The van der Waals surface area contributed by atoms with Crippen molar-refractivity contribution in [3.05, 3.63) is 0 Å². The molecule has 23 heavy (non-hydrogen) atoms. The molecular weight excluding hydrogens is 294 g/mol. The Morgan fingerprint density at radius 1 is 1.04 bits per heavy atom. The van der Waals surface area contributed by atoms with Crippen LogP contribution in [0.1, 0.15) is 12.8 Å². The fourth-order valence-corrected chi connectivity index (χ4v) is 2.98. The van der Waals surface area contributed by atoms with Gasteiger partial charge in [0.05, 0.1) is 37.8 Å². The molecule has 1 amide bonds. The molecule has 0 aromatic heterocycles. The van der Waals surface area contributed by atoms with Crippen molar-refractivity contribution in [2.45, 2.75) is 12.8 Å². The largest absolute Gasteiger partial charge is 0.379 e. The number of nitriles is 2. The molecule has 0 bridgehead atoms. The summed E-state index contributed by atoms with van der Waals surface area (Å²) in [6.45, 7) is 7.30. The molecule has 7 heteroatoms. The molecule has 126 valence electrons. The Balaban J connectivity index is 1.69. The number of piperazine rings is 1. The predicted octanol–water partition coefficient (Wildman–Crippen LogP) is -0.0936. The molecule has 7 nitrogen and oxygen atoms in total. The smallest absolute Gasteiger partial charge is 0.236 e. The van der Waals surface area contributed by atoms with E-state index in [1.165, 1.54) is 0 Å². The van der Waals surface area contributed by atoms with Gasteiger partial charge in [-0.1, -0.05) is 0 Å². The highest BCUT2D eigenvalue weighted by molar-refractivity contribution is 5.78. The Morgan fingerprint density at radius 2 is 1.74 bits per heavy atom. The average molecular weight is 319 g/mol. The Hall–Kier alpha value is -1.67. The van der Waals surface area contributed by atoms with Crippen LogP contribution in [0.3, 0.4) is 0 Å². The third-order valence-electron chi connectivity index (χ3n) is 4.45. The molecular formula is C16H25N5O2. The third-order valence-corrected chi connectivity index (χ3v) is 4.45. The first-order chi connectivity index (χ1) is 11.2. The maximum Gasteiger partial charge on any atom is 0.236 e. The van der Waals surface area contributed by atoms with E-state index >= 15 is 0 Å². The fraction of sp³-hybridized carbons (Fsp3) is 0.812. The normalized spacial score (nSPS) is 21.4. The van der Waals surface area contributed by atoms with E-state index in [2.05, 4.69) is 21.9 Å². The van der Waals surface area contributed by atoms with Crippen LogP contribution in [0, 0.1) is 28.6 Å². The minimum absolute atomic E-state index is 0.0924. The Bertz CT molecular complexity index is 456. The molecule has 2 aliphatic heterocycles. The van der Waals surface area contributed by atoms with Crippen molar-refractivity contribution in [3.8, 4) is 12.1 Å². The van der Waals surface area contributed by atoms with Crippen molar-refractivity contribution in [1.82, 2.24) is 14.7 Å². The number of nitrogens with zero attached hydrogens (tertiary/aromatic N) is 5. The summed E-state index contributed by atoms with van der Waals surface area (Å²) < 4.78 is 5.30. The van der Waals surface area contributed by atoms with Crippen molar-refractivity contribution in [2.75, 3.05) is 65.6 Å². The zero-order valence-electron chi connectivity index (χ0n) is 13.6. The number of hydrogen-bond donors (Lipinski definition) is 0. The molecule has 0 N–H and O–H groups in total. The van der Waals surface area contributed by atoms with Gasteiger partial charge in [-0.15, -0.1) is 0 Å². The van der Waals surface area contributed by atoms with Crippen LogP contribution in [0.5, 0.6) is 0 Å². The minimum Gasteiger partial charge on any atom is -0.379 e. The van der Waals surface area contributed by atoms with Crippen molar-refractivity contribution in [1.29, 1.82) is 10.5 Å². The van der Waals surface area contributed by atoms with E-state index in [0.29, 0.717) is 39.1 Å². The molecule has 2 saturated heterocycles. The summed E-state index contributed by atoms with van der Waals surface area (Å²) in [5.74, 6) is 0.0955. The quantitative estimate of drug-likeness (QED) is 0.680. The minimum atomic E-state index is -0.0924. The number of ether oxygens (including phenoxy) is 1. The van der Waals surface area contributed by atoms with Crippen LogP contribution >= 0.6 is 0 Å². The van der Waals surface area contributed by atoms with E-state index in [1.54, 1.807) is 0 Å². The molecule has 2 rings (SSSR count). The van der Waals surface area contributed by atoms with E-state index in [0.717, 1.165) is 39.3 Å². The fourth-order valence-electron chi connectivity index (χ4n) is 2.98. The molecule has 2 heterocycles. The van der Waals surface area contributed by atoms with Crippen LogP contribution < -0.4 is 0 Å². The van der Waals surface area contributed by atoms with E-state index in [9.17, 15) is 4.79 Å². The van der Waals surface area contributed by atoms with Gasteiger partial charge in [-0.2, -0.15) is 10.5 Å². The topological polar surface area (TPSA) is 83.6 Å². The first kappa shape index (κ1) is 17.7. The highest BCUT2D eigenvalue weighted by Gasteiger charge is 2.24. The van der Waals surface area contributed by atoms with Crippen LogP contribution in [0.4, 0.5) is 0 Å². The third kappa shape index (κ3) is 5.80. The van der Waals surface area contributed by atoms with E-state index in [1.807, 2.05) is 4.90 Å². The van der Waals surface area contributed by atoms with Crippen LogP contribution in [0.15, 0.2) is 0 Å². The summed E-state index contributed by atoms with van der Waals surface area (Å²) in [6.07, 6.45) is 1.05. The maximum absolute atomic E-state index is 12.3. The lowest BCUT2D eigenvalue weighted by molar-refractivity contribution is -0.135. The van der Waals surface area contributed by atoms with Crippen LogP contribution in [-0.2, 0) is 9.53 Å². The van der Waals surface area contributed by atoms with Gasteiger partial charge in [0.2, 0.25) is 5.91 Å². The van der Waals surface area contributed by atoms with Gasteiger partial charge < -0.3 is 9.64 Å². The van der Waals surface area contributed by atoms with Crippen LogP contribution in [-0.4, -0.2) is 86.2 Å². The highest BCUT2D eigenvalue weighted by atomic mass is 16.5. The molecule has 2 aliphatic rings. The molecule has 0 saturated carbocycles. The second-order valence-electron chi connectivity index (χ2n) is 6.09. The number of rotatable bonds is 6. The number of hydrogen-bond acceptors (Lipinski definition) is 6. The molecule has 0 aromatic carbocycles. The first-order valence-corrected chi connectivity index (χ1v) is 8.29. The predicted molar refractivity (Wildman–Crippen MR) is 84.2 cm³/mol. The summed E-state index contributed by atoms with van der Waals surface area (Å²) in [5.41, 5.74) is 0. The van der Waals surface area contributed by atoms with Crippen LogP contribution in [0.25, 0.3) is 0 Å². The van der Waals surface area contributed by atoms with Gasteiger partial charge in [0.1, 0.15) is 0 Å². The standard InChI is InChI=1S/C16H25N5O2/c17-3-1-2-15(12-18)13-19-4-6-21(7-5-19)16(22)14-20-8-10-23-11-9-20/h15H,1-2,4-11,13-14H2/t15-/m1/s1. The van der Waals surface area contributed by atoms with Gasteiger partial charge in [0.25, 0.3) is 0 Å². The van der Waals surface area contributed by atoms with Crippen molar-refractivity contribution in [2.24, 2.45) is 5.92 Å². The van der Waals surface area contributed by atoms with Gasteiger partial charge in [-0.3, -0.25) is 14.6 Å². The Labute approximate surface area is 138 Å². The summed E-state index contributed by atoms with van der Waals surface area (Å²) in [5, 5.41) is 17.8. The monoisotopic (exact) mass is 319 g/mol. The van der Waals surface area contributed by atoms with Gasteiger partial charge in [0.15, 0.2) is 0 Å². The lowest BCUT2D eigenvalue weighted by Crippen LogP contribution is -2.52. The second kappa shape index (κ2) is 9.46. The average Bonchev–Trinajstić information content (AvgIpc) is 2.60. The number of amides is 1. The molecule has 0 aromatic rings.